The Kier molecular flexibility index (Phi) is 5.39. The number of hydrogen-bond donors (Lipinski definition) is 1. The van der Waals surface area contributed by atoms with Gasteiger partial charge in [0.05, 0.1) is 17.5 Å². The van der Waals surface area contributed by atoms with Crippen LogP contribution in [0.5, 0.6) is 0 Å². The Hall–Kier alpha value is -2.74. The van der Waals surface area contributed by atoms with Crippen LogP contribution in [-0.4, -0.2) is 31.9 Å². The Balaban J connectivity index is 1.61. The summed E-state index contributed by atoms with van der Waals surface area (Å²) in [5, 5.41) is 14.7. The number of halogens is 1. The Bertz CT molecular complexity index is 855. The van der Waals surface area contributed by atoms with Crippen molar-refractivity contribution >= 4 is 17.7 Å². The first kappa shape index (κ1) is 17.1. The minimum atomic E-state index is -0.377. The van der Waals surface area contributed by atoms with Crippen molar-refractivity contribution in [2.45, 2.75) is 18.1 Å². The molecule has 0 aliphatic rings. The van der Waals surface area contributed by atoms with E-state index in [9.17, 15) is 9.18 Å². The van der Waals surface area contributed by atoms with Crippen molar-refractivity contribution in [2.24, 2.45) is 0 Å². The summed E-state index contributed by atoms with van der Waals surface area (Å²) in [4.78, 5) is 12.2. The first-order valence-corrected chi connectivity index (χ1v) is 8.63. The third kappa shape index (κ3) is 4.42. The molecule has 0 aliphatic heterocycles. The fraction of sp³-hybridized carbons (Fsp3) is 0.176. The van der Waals surface area contributed by atoms with E-state index in [1.807, 2.05) is 37.3 Å². The molecule has 1 atom stereocenters. The average Bonchev–Trinajstić information content (AvgIpc) is 3.09. The third-order valence-corrected chi connectivity index (χ3v) is 4.42. The largest absolute Gasteiger partial charge is 0.349 e. The molecule has 0 unspecified atom stereocenters. The van der Waals surface area contributed by atoms with Crippen molar-refractivity contribution < 1.29 is 9.18 Å². The Labute approximate surface area is 148 Å². The van der Waals surface area contributed by atoms with Gasteiger partial charge in [0.25, 0.3) is 0 Å². The molecule has 0 saturated carbocycles. The number of nitrogens with zero attached hydrogens (tertiary/aromatic N) is 4. The Morgan fingerprint density at radius 1 is 1.24 bits per heavy atom. The molecule has 1 N–H and O–H groups in total. The van der Waals surface area contributed by atoms with Crippen LogP contribution >= 0.6 is 11.8 Å². The van der Waals surface area contributed by atoms with Crippen LogP contribution < -0.4 is 5.32 Å². The molecule has 8 heteroatoms. The molecule has 0 bridgehead atoms. The molecule has 0 fully saturated rings. The average molecular weight is 357 g/mol. The number of thioether (sulfide) groups is 1. The lowest BCUT2D eigenvalue weighted by Gasteiger charge is -2.13. The summed E-state index contributed by atoms with van der Waals surface area (Å²) in [7, 11) is 0. The fourth-order valence-corrected chi connectivity index (χ4v) is 2.98. The lowest BCUT2D eigenvalue weighted by molar-refractivity contribution is -0.119. The predicted octanol–water partition coefficient (Wildman–Crippen LogP) is 2.77. The van der Waals surface area contributed by atoms with Crippen molar-refractivity contribution in [1.29, 1.82) is 0 Å². The minimum absolute atomic E-state index is 0.0893. The normalized spacial score (nSPS) is 11.9. The highest BCUT2D eigenvalue weighted by atomic mass is 32.2. The van der Waals surface area contributed by atoms with E-state index in [-0.39, 0.29) is 23.5 Å². The molecular weight excluding hydrogens is 341 g/mol. The number of aromatic nitrogens is 4. The molecule has 0 radical (unpaired) electrons. The summed E-state index contributed by atoms with van der Waals surface area (Å²) in [6.45, 7) is 1.93. The first-order valence-electron chi connectivity index (χ1n) is 7.65. The molecule has 2 aromatic carbocycles. The highest BCUT2D eigenvalue weighted by molar-refractivity contribution is 7.99. The second-order valence-electron chi connectivity index (χ2n) is 5.34. The van der Waals surface area contributed by atoms with Crippen LogP contribution in [0.25, 0.3) is 5.69 Å². The molecule has 0 aliphatic carbocycles. The van der Waals surface area contributed by atoms with E-state index in [2.05, 4.69) is 20.8 Å². The molecule has 128 valence electrons. The second-order valence-corrected chi connectivity index (χ2v) is 6.28. The fourth-order valence-electron chi connectivity index (χ4n) is 2.28. The molecule has 6 nitrogen and oxygen atoms in total. The van der Waals surface area contributed by atoms with Gasteiger partial charge in [-0.05, 0) is 41.1 Å². The molecule has 0 spiro atoms. The SMILES string of the molecule is C[C@H](NC(=O)CSc1nnnn1-c1cccc(F)c1)c1ccccc1. The summed E-state index contributed by atoms with van der Waals surface area (Å²) in [5.41, 5.74) is 1.54. The van der Waals surface area contributed by atoms with Crippen molar-refractivity contribution in [3.63, 3.8) is 0 Å². The number of nitrogens with one attached hydrogen (secondary N) is 1. The molecular formula is C17H16FN5OS. The third-order valence-electron chi connectivity index (χ3n) is 3.50. The lowest BCUT2D eigenvalue weighted by atomic mass is 10.1. The number of amides is 1. The lowest BCUT2D eigenvalue weighted by Crippen LogP contribution is -2.28. The van der Waals surface area contributed by atoms with Crippen LogP contribution in [-0.2, 0) is 4.79 Å². The number of carbonyl (C=O) groups is 1. The van der Waals surface area contributed by atoms with Crippen molar-refractivity contribution in [1.82, 2.24) is 25.5 Å². The van der Waals surface area contributed by atoms with Crippen LogP contribution in [0.2, 0.25) is 0 Å². The zero-order valence-electron chi connectivity index (χ0n) is 13.5. The van der Waals surface area contributed by atoms with Gasteiger partial charge in [0.1, 0.15) is 5.82 Å². The first-order chi connectivity index (χ1) is 12.1. The summed E-state index contributed by atoms with van der Waals surface area (Å²) in [5.74, 6) is -0.346. The standard InChI is InChI=1S/C17H16FN5OS/c1-12(13-6-3-2-4-7-13)19-16(24)11-25-17-20-21-22-23(17)15-9-5-8-14(18)10-15/h2-10,12H,11H2,1H3,(H,19,24)/t12-/m0/s1. The number of carbonyl (C=O) groups excluding carboxylic acids is 1. The summed E-state index contributed by atoms with van der Waals surface area (Å²) >= 11 is 1.19. The smallest absolute Gasteiger partial charge is 0.230 e. The van der Waals surface area contributed by atoms with Crippen LogP contribution in [0.1, 0.15) is 18.5 Å². The second kappa shape index (κ2) is 7.89. The van der Waals surface area contributed by atoms with Crippen LogP contribution in [0.15, 0.2) is 59.8 Å². The van der Waals surface area contributed by atoms with Gasteiger partial charge in [0.15, 0.2) is 0 Å². The van der Waals surface area contributed by atoms with Crippen molar-refractivity contribution in [3.05, 3.63) is 66.0 Å². The van der Waals surface area contributed by atoms with Gasteiger partial charge >= 0.3 is 0 Å². The van der Waals surface area contributed by atoms with Crippen molar-refractivity contribution in [2.75, 3.05) is 5.75 Å². The van der Waals surface area contributed by atoms with E-state index in [1.165, 1.54) is 28.6 Å². The van der Waals surface area contributed by atoms with Gasteiger partial charge in [-0.15, -0.1) is 5.10 Å². The van der Waals surface area contributed by atoms with Gasteiger partial charge in [-0.3, -0.25) is 4.79 Å². The Morgan fingerprint density at radius 3 is 2.80 bits per heavy atom. The molecule has 1 aromatic heterocycles. The summed E-state index contributed by atoms with van der Waals surface area (Å²) in [6, 6.07) is 15.6. The monoisotopic (exact) mass is 357 g/mol. The summed E-state index contributed by atoms with van der Waals surface area (Å²) < 4.78 is 14.8. The number of benzene rings is 2. The zero-order chi connectivity index (χ0) is 17.6. The molecule has 1 heterocycles. The van der Waals surface area contributed by atoms with E-state index < -0.39 is 0 Å². The van der Waals surface area contributed by atoms with Gasteiger partial charge in [-0.2, -0.15) is 4.68 Å². The van der Waals surface area contributed by atoms with E-state index in [4.69, 9.17) is 0 Å². The topological polar surface area (TPSA) is 72.7 Å². The van der Waals surface area contributed by atoms with Crippen LogP contribution in [0, 0.1) is 5.82 Å². The van der Waals surface area contributed by atoms with Gasteiger partial charge in [0.2, 0.25) is 11.1 Å². The molecule has 3 rings (SSSR count). The maximum absolute atomic E-state index is 13.4. The molecule has 1 amide bonds. The number of tetrazole rings is 1. The van der Waals surface area contributed by atoms with Gasteiger partial charge < -0.3 is 5.32 Å². The van der Waals surface area contributed by atoms with Crippen molar-refractivity contribution in [3.8, 4) is 5.69 Å². The van der Waals surface area contributed by atoms with E-state index in [0.717, 1.165) is 5.56 Å². The Morgan fingerprint density at radius 2 is 2.04 bits per heavy atom. The highest BCUT2D eigenvalue weighted by Crippen LogP contribution is 2.19. The van der Waals surface area contributed by atoms with Crippen LogP contribution in [0.4, 0.5) is 4.39 Å². The predicted molar refractivity (Wildman–Crippen MR) is 92.8 cm³/mol. The maximum atomic E-state index is 13.4. The van der Waals surface area contributed by atoms with E-state index in [0.29, 0.717) is 10.8 Å². The summed E-state index contributed by atoms with van der Waals surface area (Å²) in [6.07, 6.45) is 0. The highest BCUT2D eigenvalue weighted by Gasteiger charge is 2.14. The molecule has 0 saturated heterocycles. The van der Waals surface area contributed by atoms with Crippen LogP contribution in [0.3, 0.4) is 0 Å². The number of rotatable bonds is 6. The maximum Gasteiger partial charge on any atom is 0.230 e. The zero-order valence-corrected chi connectivity index (χ0v) is 14.3. The van der Waals surface area contributed by atoms with E-state index in [1.54, 1.807) is 12.1 Å². The van der Waals surface area contributed by atoms with Gasteiger partial charge in [-0.25, -0.2) is 4.39 Å². The minimum Gasteiger partial charge on any atom is -0.349 e. The molecule has 25 heavy (non-hydrogen) atoms. The van der Waals surface area contributed by atoms with E-state index >= 15 is 0 Å². The quantitative estimate of drug-likeness (QED) is 0.687. The number of hydrogen-bond acceptors (Lipinski definition) is 5. The van der Waals surface area contributed by atoms with Gasteiger partial charge in [0, 0.05) is 0 Å². The molecule has 3 aromatic rings. The van der Waals surface area contributed by atoms with Gasteiger partial charge in [-0.1, -0.05) is 48.2 Å².